The quantitative estimate of drug-likeness (QED) is 0.887. The lowest BCUT2D eigenvalue weighted by molar-refractivity contribution is 0.0213. The number of morpholine rings is 1. The molecule has 0 aliphatic carbocycles. The van der Waals surface area contributed by atoms with Crippen LogP contribution < -0.4 is 4.72 Å². The van der Waals surface area contributed by atoms with E-state index in [9.17, 15) is 8.42 Å². The Hall–Kier alpha value is -1.54. The molecule has 130 valence electrons. The number of nitrogens with one attached hydrogen (secondary N) is 1. The van der Waals surface area contributed by atoms with Crippen LogP contribution in [0.3, 0.4) is 0 Å². The van der Waals surface area contributed by atoms with Crippen molar-refractivity contribution in [1.29, 1.82) is 0 Å². The Morgan fingerprint density at radius 2 is 2.08 bits per heavy atom. The van der Waals surface area contributed by atoms with Crippen LogP contribution in [-0.4, -0.2) is 57.2 Å². The largest absolute Gasteiger partial charge is 0.379 e. The number of ether oxygens (including phenoxy) is 1. The molecule has 2 aromatic rings. The number of hydrogen-bond acceptors (Lipinski definition) is 5. The lowest BCUT2D eigenvalue weighted by Crippen LogP contribution is -2.47. The lowest BCUT2D eigenvalue weighted by atomic mass is 10.2. The minimum atomic E-state index is -3.60. The van der Waals surface area contributed by atoms with E-state index < -0.39 is 10.0 Å². The van der Waals surface area contributed by atoms with E-state index in [1.807, 2.05) is 26.0 Å². The van der Waals surface area contributed by atoms with Gasteiger partial charge in [0.15, 0.2) is 0 Å². The van der Waals surface area contributed by atoms with Crippen LogP contribution in [0.25, 0.3) is 10.9 Å². The van der Waals surface area contributed by atoms with Gasteiger partial charge in [0, 0.05) is 37.3 Å². The summed E-state index contributed by atoms with van der Waals surface area (Å²) >= 11 is 0. The third-order valence-corrected chi connectivity index (χ3v) is 5.79. The number of sulfonamides is 1. The van der Waals surface area contributed by atoms with E-state index in [4.69, 9.17) is 4.74 Å². The first-order valence-electron chi connectivity index (χ1n) is 8.14. The SMILES string of the molecule is Cc1cnc2c(S(=O)(=O)NCC(C)N3CCOCC3)cccc2c1. The first-order chi connectivity index (χ1) is 11.5. The molecule has 0 amide bonds. The molecule has 1 aliphatic rings. The summed E-state index contributed by atoms with van der Waals surface area (Å²) in [7, 11) is -3.60. The molecule has 7 heteroatoms. The molecule has 3 rings (SSSR count). The van der Waals surface area contributed by atoms with Crippen LogP contribution in [0.15, 0.2) is 35.4 Å². The van der Waals surface area contributed by atoms with Gasteiger partial charge in [0.05, 0.1) is 18.7 Å². The van der Waals surface area contributed by atoms with Crippen molar-refractivity contribution in [3.05, 3.63) is 36.0 Å². The Kier molecular flexibility index (Phi) is 5.15. The average molecular weight is 349 g/mol. The molecule has 1 aromatic carbocycles. The van der Waals surface area contributed by atoms with E-state index in [1.165, 1.54) is 0 Å². The van der Waals surface area contributed by atoms with Gasteiger partial charge < -0.3 is 4.74 Å². The minimum Gasteiger partial charge on any atom is -0.379 e. The maximum atomic E-state index is 12.7. The van der Waals surface area contributed by atoms with Crippen LogP contribution in [0, 0.1) is 6.92 Å². The molecule has 6 nitrogen and oxygen atoms in total. The fourth-order valence-corrected chi connectivity index (χ4v) is 4.21. The third-order valence-electron chi connectivity index (χ3n) is 4.34. The maximum Gasteiger partial charge on any atom is 0.242 e. The van der Waals surface area contributed by atoms with Crippen LogP contribution >= 0.6 is 0 Å². The number of hydrogen-bond donors (Lipinski definition) is 1. The van der Waals surface area contributed by atoms with Gasteiger partial charge in [-0.3, -0.25) is 9.88 Å². The molecule has 1 atom stereocenters. The third kappa shape index (κ3) is 3.75. The highest BCUT2D eigenvalue weighted by Gasteiger charge is 2.22. The topological polar surface area (TPSA) is 71.5 Å². The van der Waals surface area contributed by atoms with Gasteiger partial charge in [-0.15, -0.1) is 0 Å². The number of rotatable bonds is 5. The van der Waals surface area contributed by atoms with Crippen LogP contribution in [0.5, 0.6) is 0 Å². The summed E-state index contributed by atoms with van der Waals surface area (Å²) in [6, 6.07) is 7.30. The van der Waals surface area contributed by atoms with Crippen molar-refractivity contribution in [2.45, 2.75) is 24.8 Å². The number of benzene rings is 1. The summed E-state index contributed by atoms with van der Waals surface area (Å²) in [6.45, 7) is 7.39. The molecule has 0 bridgehead atoms. The van der Waals surface area contributed by atoms with Crippen LogP contribution in [0.1, 0.15) is 12.5 Å². The first-order valence-corrected chi connectivity index (χ1v) is 9.62. The molecular formula is C17H23N3O3S. The number of fused-ring (bicyclic) bond motifs is 1. The van der Waals surface area contributed by atoms with E-state index in [1.54, 1.807) is 18.3 Å². The standard InChI is InChI=1S/C17H23N3O3S/c1-13-10-15-4-3-5-16(17(15)18-11-13)24(21,22)19-12-14(2)20-6-8-23-9-7-20/h3-5,10-11,14,19H,6-9,12H2,1-2H3. The van der Waals surface area contributed by atoms with Gasteiger partial charge in [-0.25, -0.2) is 13.1 Å². The maximum absolute atomic E-state index is 12.7. The molecule has 1 fully saturated rings. The van der Waals surface area contributed by atoms with E-state index in [-0.39, 0.29) is 10.9 Å². The molecule has 1 saturated heterocycles. The zero-order valence-electron chi connectivity index (χ0n) is 14.0. The molecule has 1 aliphatic heterocycles. The second kappa shape index (κ2) is 7.14. The molecular weight excluding hydrogens is 326 g/mol. The van der Waals surface area contributed by atoms with Gasteiger partial charge in [0.2, 0.25) is 10.0 Å². The van der Waals surface area contributed by atoms with E-state index in [0.717, 1.165) is 24.0 Å². The Morgan fingerprint density at radius 3 is 2.83 bits per heavy atom. The predicted molar refractivity (Wildman–Crippen MR) is 93.5 cm³/mol. The van der Waals surface area contributed by atoms with Crippen LogP contribution in [0.4, 0.5) is 0 Å². The van der Waals surface area contributed by atoms with Crippen LogP contribution in [-0.2, 0) is 14.8 Å². The molecule has 1 N–H and O–H groups in total. The summed E-state index contributed by atoms with van der Waals surface area (Å²) < 4.78 is 33.5. The summed E-state index contributed by atoms with van der Waals surface area (Å²) in [5.74, 6) is 0. The van der Waals surface area contributed by atoms with E-state index >= 15 is 0 Å². The van der Waals surface area contributed by atoms with Crippen molar-refractivity contribution >= 4 is 20.9 Å². The fourth-order valence-electron chi connectivity index (χ4n) is 2.92. The molecule has 2 heterocycles. The smallest absolute Gasteiger partial charge is 0.242 e. The number of pyridine rings is 1. The average Bonchev–Trinajstić information content (AvgIpc) is 2.59. The number of aryl methyl sites for hydroxylation is 1. The zero-order valence-corrected chi connectivity index (χ0v) is 14.8. The summed E-state index contributed by atoms with van der Waals surface area (Å²) in [6.07, 6.45) is 1.69. The second-order valence-corrected chi connectivity index (χ2v) is 7.93. The number of aromatic nitrogens is 1. The second-order valence-electron chi connectivity index (χ2n) is 6.19. The van der Waals surface area contributed by atoms with E-state index in [2.05, 4.69) is 14.6 Å². The van der Waals surface area contributed by atoms with Crippen LogP contribution in [0.2, 0.25) is 0 Å². The predicted octanol–water partition coefficient (Wildman–Crippen LogP) is 1.54. The fraction of sp³-hybridized carbons (Fsp3) is 0.471. The van der Waals surface area contributed by atoms with Gasteiger partial charge >= 0.3 is 0 Å². The van der Waals surface area contributed by atoms with Crippen molar-refractivity contribution in [1.82, 2.24) is 14.6 Å². The van der Waals surface area contributed by atoms with Gasteiger partial charge in [-0.05, 0) is 31.5 Å². The first kappa shape index (κ1) is 17.3. The monoisotopic (exact) mass is 349 g/mol. The summed E-state index contributed by atoms with van der Waals surface area (Å²) in [4.78, 5) is 6.78. The van der Waals surface area contributed by atoms with Crippen molar-refractivity contribution in [2.24, 2.45) is 0 Å². The van der Waals surface area contributed by atoms with Crippen molar-refractivity contribution < 1.29 is 13.2 Å². The van der Waals surface area contributed by atoms with Crippen molar-refractivity contribution in [2.75, 3.05) is 32.8 Å². The molecule has 0 spiro atoms. The van der Waals surface area contributed by atoms with E-state index in [0.29, 0.717) is 25.3 Å². The highest BCUT2D eigenvalue weighted by atomic mass is 32.2. The Labute approximate surface area is 142 Å². The normalized spacial score (nSPS) is 17.9. The number of para-hydroxylation sites is 1. The molecule has 0 radical (unpaired) electrons. The molecule has 1 aromatic heterocycles. The van der Waals surface area contributed by atoms with Crippen molar-refractivity contribution in [3.8, 4) is 0 Å². The number of nitrogens with zero attached hydrogens (tertiary/aromatic N) is 2. The Bertz CT molecular complexity index is 817. The Balaban J connectivity index is 1.78. The van der Waals surface area contributed by atoms with Gasteiger partial charge in [-0.2, -0.15) is 0 Å². The summed E-state index contributed by atoms with van der Waals surface area (Å²) in [5.41, 5.74) is 1.51. The van der Waals surface area contributed by atoms with Gasteiger partial charge in [0.25, 0.3) is 0 Å². The Morgan fingerprint density at radius 1 is 1.33 bits per heavy atom. The summed E-state index contributed by atoms with van der Waals surface area (Å²) in [5, 5.41) is 0.833. The highest BCUT2D eigenvalue weighted by molar-refractivity contribution is 7.89. The van der Waals surface area contributed by atoms with Gasteiger partial charge in [-0.1, -0.05) is 12.1 Å². The molecule has 0 saturated carbocycles. The molecule has 24 heavy (non-hydrogen) atoms. The van der Waals surface area contributed by atoms with Crippen molar-refractivity contribution in [3.63, 3.8) is 0 Å². The minimum absolute atomic E-state index is 0.119. The molecule has 1 unspecified atom stereocenters. The zero-order chi connectivity index (χ0) is 17.2. The highest BCUT2D eigenvalue weighted by Crippen LogP contribution is 2.21. The lowest BCUT2D eigenvalue weighted by Gasteiger charge is -2.32. The van der Waals surface area contributed by atoms with Gasteiger partial charge in [0.1, 0.15) is 4.90 Å².